The maximum atomic E-state index is 5.29. The van der Waals surface area contributed by atoms with Crippen molar-refractivity contribution in [1.82, 2.24) is 9.78 Å². The Morgan fingerprint density at radius 1 is 1.25 bits per heavy atom. The molecule has 86 valence electrons. The van der Waals surface area contributed by atoms with Crippen LogP contribution in [0.2, 0.25) is 14.8 Å². The van der Waals surface area contributed by atoms with Gasteiger partial charge in [0.05, 0.1) is 0 Å². The summed E-state index contributed by atoms with van der Waals surface area (Å²) in [5.74, 6) is 0.914. The number of nitrogens with zero attached hydrogens (tertiary/aromatic N) is 2. The van der Waals surface area contributed by atoms with Crippen LogP contribution < -0.4 is 8.45 Å². The summed E-state index contributed by atoms with van der Waals surface area (Å²) in [4.78, 5) is 7.15. The molecule has 0 aliphatic carbocycles. The van der Waals surface area contributed by atoms with Crippen LogP contribution in [0, 0.1) is 0 Å². The number of hydrogen-bond donors (Lipinski definition) is 0. The zero-order valence-electron chi connectivity index (χ0n) is 10.5. The topological polar surface area (TPSA) is 27.1 Å². The molecule has 0 aliphatic heterocycles. The molecule has 0 bridgehead atoms. The Hall–Kier alpha value is -0.711. The average Bonchev–Trinajstić information content (AvgIpc) is 2.55. The molecule has 2 rings (SSSR count). The van der Waals surface area contributed by atoms with Crippen LogP contribution in [0.3, 0.4) is 0 Å². The van der Waals surface area contributed by atoms with Crippen LogP contribution in [-0.4, -0.2) is 35.3 Å². The molecule has 16 heavy (non-hydrogen) atoms. The quantitative estimate of drug-likeness (QED) is 0.791. The van der Waals surface area contributed by atoms with Gasteiger partial charge < -0.3 is 0 Å². The summed E-state index contributed by atoms with van der Waals surface area (Å²) in [6, 6.07) is 6.19. The number of benzene rings is 1. The molecule has 0 fully saturated rings. The third-order valence-corrected chi connectivity index (χ3v) is 7.88. The van der Waals surface area contributed by atoms with Gasteiger partial charge in [-0.2, -0.15) is 0 Å². The van der Waals surface area contributed by atoms with E-state index in [9.17, 15) is 0 Å². The van der Waals surface area contributed by atoms with E-state index in [2.05, 4.69) is 27.0 Å². The number of aryl methyl sites for hydroxylation is 1. The van der Waals surface area contributed by atoms with E-state index >= 15 is 0 Å². The van der Waals surface area contributed by atoms with Crippen molar-refractivity contribution in [3.63, 3.8) is 0 Å². The molecular weight excluding hydrogens is 307 g/mol. The molecule has 0 unspecified atom stereocenters. The third-order valence-electron chi connectivity index (χ3n) is 2.77. The number of hydrogen-bond acceptors (Lipinski definition) is 2. The van der Waals surface area contributed by atoms with Crippen molar-refractivity contribution in [1.29, 1.82) is 0 Å². The molecule has 1 heterocycles. The average molecular weight is 325 g/mol. The molecule has 0 atom stereocenters. The minimum atomic E-state index is -2.14. The molecule has 1 aromatic heterocycles. The molecule has 0 spiro atoms. The van der Waals surface area contributed by atoms with Gasteiger partial charge in [0, 0.05) is 0 Å². The van der Waals surface area contributed by atoms with Crippen molar-refractivity contribution < 1.29 is 4.74 Å². The van der Waals surface area contributed by atoms with E-state index in [1.165, 1.54) is 14.6 Å². The molecule has 2 aromatic rings. The number of rotatable bonds is 2. The van der Waals surface area contributed by atoms with E-state index in [-0.39, 0.29) is 0 Å². The number of fused-ring (bicyclic) bond motifs is 1. The normalized spacial score (nSPS) is 12.1. The van der Waals surface area contributed by atoms with E-state index in [1.807, 2.05) is 17.8 Å². The van der Waals surface area contributed by atoms with Crippen molar-refractivity contribution in [2.45, 2.75) is 14.8 Å². The molecule has 0 saturated carbocycles. The van der Waals surface area contributed by atoms with E-state index < -0.39 is 18.4 Å². The van der Waals surface area contributed by atoms with E-state index in [4.69, 9.17) is 9.84 Å². The van der Waals surface area contributed by atoms with Gasteiger partial charge in [-0.25, -0.2) is 0 Å². The van der Waals surface area contributed by atoms with Gasteiger partial charge in [0.15, 0.2) is 0 Å². The van der Waals surface area contributed by atoms with Crippen molar-refractivity contribution in [2.24, 2.45) is 7.05 Å². The van der Waals surface area contributed by atoms with Crippen molar-refractivity contribution in [2.75, 3.05) is 7.11 Å². The SMILES string of the molecule is COc1ccc2c(c1)[c]([Sn]([CH3])([CH3])[CH3])nn2C. The number of ether oxygens (including phenoxy) is 1. The zero-order valence-corrected chi connectivity index (χ0v) is 13.4. The number of aromatic nitrogens is 2. The monoisotopic (exact) mass is 326 g/mol. The Bertz CT molecular complexity index is 526. The Morgan fingerprint density at radius 2 is 1.94 bits per heavy atom. The van der Waals surface area contributed by atoms with Crippen LogP contribution in [0.25, 0.3) is 10.9 Å². The molecule has 0 amide bonds. The summed E-state index contributed by atoms with van der Waals surface area (Å²) in [6.45, 7) is 0. The Labute approximate surface area is 100 Å². The van der Waals surface area contributed by atoms with Crippen LogP contribution in [-0.2, 0) is 7.05 Å². The van der Waals surface area contributed by atoms with Crippen LogP contribution in [0.15, 0.2) is 18.2 Å². The van der Waals surface area contributed by atoms with Crippen molar-refractivity contribution in [3.05, 3.63) is 18.2 Å². The summed E-state index contributed by atoms with van der Waals surface area (Å²) in [7, 11) is 3.72. The van der Waals surface area contributed by atoms with Crippen LogP contribution in [0.1, 0.15) is 0 Å². The number of methoxy groups -OCH3 is 1. The Balaban J connectivity index is 2.75. The summed E-state index contributed by atoms with van der Waals surface area (Å²) < 4.78 is 8.59. The van der Waals surface area contributed by atoms with E-state index in [1.54, 1.807) is 7.11 Å². The van der Waals surface area contributed by atoms with Crippen molar-refractivity contribution in [3.8, 4) is 5.75 Å². The third kappa shape index (κ3) is 1.92. The summed E-state index contributed by atoms with van der Waals surface area (Å²) in [6.07, 6.45) is 0. The summed E-state index contributed by atoms with van der Waals surface area (Å²) in [5, 5.41) is 5.96. The van der Waals surface area contributed by atoms with Gasteiger partial charge in [0.2, 0.25) is 0 Å². The molecule has 1 aromatic carbocycles. The van der Waals surface area contributed by atoms with E-state index in [0.29, 0.717) is 0 Å². The van der Waals surface area contributed by atoms with Gasteiger partial charge in [0.25, 0.3) is 0 Å². The first kappa shape index (κ1) is 11.8. The second-order valence-electron chi connectivity index (χ2n) is 5.11. The minimum absolute atomic E-state index is 0.914. The molecular formula is C12H18N2OSn. The molecule has 0 N–H and O–H groups in total. The van der Waals surface area contributed by atoms with Crippen LogP contribution in [0.5, 0.6) is 5.75 Å². The van der Waals surface area contributed by atoms with Crippen LogP contribution in [0.4, 0.5) is 0 Å². The molecule has 4 heteroatoms. The first-order valence-corrected chi connectivity index (χ1v) is 15.4. The fourth-order valence-corrected chi connectivity index (χ4v) is 6.09. The summed E-state index contributed by atoms with van der Waals surface area (Å²) >= 11 is -2.14. The maximum absolute atomic E-state index is 5.29. The second kappa shape index (κ2) is 3.95. The van der Waals surface area contributed by atoms with Gasteiger partial charge in [0.1, 0.15) is 0 Å². The molecule has 3 nitrogen and oxygen atoms in total. The fraction of sp³-hybridized carbons (Fsp3) is 0.417. The predicted octanol–water partition coefficient (Wildman–Crippen LogP) is 2.13. The first-order chi connectivity index (χ1) is 7.43. The van der Waals surface area contributed by atoms with Crippen LogP contribution >= 0.6 is 0 Å². The second-order valence-corrected chi connectivity index (χ2v) is 19.3. The van der Waals surface area contributed by atoms with Crippen molar-refractivity contribution >= 4 is 33.0 Å². The van der Waals surface area contributed by atoms with Gasteiger partial charge in [-0.15, -0.1) is 0 Å². The molecule has 0 saturated heterocycles. The predicted molar refractivity (Wildman–Crippen MR) is 70.2 cm³/mol. The molecule has 0 aliphatic rings. The Morgan fingerprint density at radius 3 is 2.50 bits per heavy atom. The summed E-state index contributed by atoms with van der Waals surface area (Å²) in [5.41, 5.74) is 1.20. The Kier molecular flexibility index (Phi) is 2.90. The molecule has 0 radical (unpaired) electrons. The fourth-order valence-electron chi connectivity index (χ4n) is 1.93. The van der Waals surface area contributed by atoms with Gasteiger partial charge in [-0.3, -0.25) is 0 Å². The van der Waals surface area contributed by atoms with Gasteiger partial charge >= 0.3 is 100 Å². The standard InChI is InChI=1S/C9H9N2O.3CH3.Sn/c1-11-9-4-3-8(12-2)5-7(9)6-10-11;;;;/h3-5H,1-2H3;3*1H3;. The van der Waals surface area contributed by atoms with Gasteiger partial charge in [-0.05, 0) is 0 Å². The zero-order chi connectivity index (χ0) is 11.9. The van der Waals surface area contributed by atoms with E-state index in [0.717, 1.165) is 5.75 Å². The first-order valence-electron chi connectivity index (χ1n) is 5.44. The van der Waals surface area contributed by atoms with Gasteiger partial charge in [-0.1, -0.05) is 0 Å².